The van der Waals surface area contributed by atoms with Gasteiger partial charge < -0.3 is 14.4 Å². The lowest BCUT2D eigenvalue weighted by atomic mass is 10.1. The molecule has 9 nitrogen and oxygen atoms in total. The fraction of sp³-hybridized carbons (Fsp3) is 0.375. The molecule has 0 radical (unpaired) electrons. The molecule has 0 saturated carbocycles. The van der Waals surface area contributed by atoms with Gasteiger partial charge in [-0.2, -0.15) is 0 Å². The number of morpholine rings is 1. The first-order valence-electron chi connectivity index (χ1n) is 14.0. The Morgan fingerprint density at radius 1 is 1.07 bits per heavy atom. The summed E-state index contributed by atoms with van der Waals surface area (Å²) in [6, 6.07) is 15.4. The number of benzene rings is 2. The van der Waals surface area contributed by atoms with Crippen molar-refractivity contribution in [2.45, 2.75) is 40.1 Å². The Morgan fingerprint density at radius 2 is 1.75 bits per heavy atom. The van der Waals surface area contributed by atoms with Crippen molar-refractivity contribution in [2.75, 3.05) is 39.4 Å². The molecule has 2 aromatic carbocycles. The highest BCUT2D eigenvalue weighted by Crippen LogP contribution is 2.26. The summed E-state index contributed by atoms with van der Waals surface area (Å²) in [5, 5.41) is 0.353. The minimum Gasteiger partial charge on any atom is -0.406 e. The van der Waals surface area contributed by atoms with Crippen LogP contribution in [-0.4, -0.2) is 76.0 Å². The molecule has 0 aliphatic carbocycles. The molecule has 4 aromatic rings. The second kappa shape index (κ2) is 14.0. The van der Waals surface area contributed by atoms with Gasteiger partial charge in [0.05, 0.1) is 36.8 Å². The summed E-state index contributed by atoms with van der Waals surface area (Å²) in [4.78, 5) is 40.7. The number of alkyl halides is 3. The van der Waals surface area contributed by atoms with Gasteiger partial charge in [0.1, 0.15) is 11.6 Å². The van der Waals surface area contributed by atoms with Gasteiger partial charge in [0.25, 0.3) is 5.56 Å². The Morgan fingerprint density at radius 3 is 2.41 bits per heavy atom. The van der Waals surface area contributed by atoms with E-state index in [2.05, 4.69) is 14.6 Å². The first kappa shape index (κ1) is 32.6. The third-order valence-corrected chi connectivity index (χ3v) is 7.40. The normalized spacial score (nSPS) is 14.6. The van der Waals surface area contributed by atoms with Gasteiger partial charge in [-0.05, 0) is 55.8 Å². The molecule has 1 saturated heterocycles. The summed E-state index contributed by atoms with van der Waals surface area (Å²) in [5.74, 6) is -0.281. The number of halogens is 3. The maximum atomic E-state index is 13.9. The minimum atomic E-state index is -4.81. The van der Waals surface area contributed by atoms with E-state index in [1.54, 1.807) is 23.2 Å². The molecule has 1 fully saturated rings. The summed E-state index contributed by atoms with van der Waals surface area (Å²) in [7, 11) is 0. The highest BCUT2D eigenvalue weighted by Gasteiger charge is 2.31. The van der Waals surface area contributed by atoms with Crippen molar-refractivity contribution in [1.82, 2.24) is 24.3 Å². The molecule has 5 rings (SSSR count). The standard InChI is InChI=1S/C31H32F3N5O4.CH4/c1-21-5-9-24(10-6-21)39-29(36-28-26(30(39)41)4-3-13-35-28)22(2)38(15-14-37-16-18-42-19-17-37)27(40)20-23-7-11-25(12-8-23)43-31(32,33)34;/h3-13,22H,14-20H2,1-2H3;1H4/t22-;/m1./s1. The van der Waals surface area contributed by atoms with E-state index < -0.39 is 12.4 Å². The van der Waals surface area contributed by atoms with E-state index in [-0.39, 0.29) is 36.7 Å². The van der Waals surface area contributed by atoms with Gasteiger partial charge >= 0.3 is 6.36 Å². The van der Waals surface area contributed by atoms with Gasteiger partial charge in [0.15, 0.2) is 5.65 Å². The molecule has 0 N–H and O–H groups in total. The molecule has 44 heavy (non-hydrogen) atoms. The average Bonchev–Trinajstić information content (AvgIpc) is 2.98. The number of pyridine rings is 1. The Kier molecular flexibility index (Phi) is 10.4. The fourth-order valence-electron chi connectivity index (χ4n) is 5.09. The van der Waals surface area contributed by atoms with E-state index in [4.69, 9.17) is 9.72 Å². The Labute approximate surface area is 253 Å². The van der Waals surface area contributed by atoms with Crippen LogP contribution in [0.3, 0.4) is 0 Å². The summed E-state index contributed by atoms with van der Waals surface area (Å²) >= 11 is 0. The number of hydrogen-bond acceptors (Lipinski definition) is 7. The zero-order chi connectivity index (χ0) is 30.6. The topological polar surface area (TPSA) is 89.8 Å². The van der Waals surface area contributed by atoms with Gasteiger partial charge in [-0.1, -0.05) is 37.3 Å². The Bertz CT molecular complexity index is 1620. The van der Waals surface area contributed by atoms with Crippen LogP contribution in [0.2, 0.25) is 0 Å². The third kappa shape index (κ3) is 7.80. The average molecular weight is 612 g/mol. The van der Waals surface area contributed by atoms with Crippen molar-refractivity contribution in [3.05, 3.63) is 94.2 Å². The van der Waals surface area contributed by atoms with E-state index in [1.165, 1.54) is 28.8 Å². The van der Waals surface area contributed by atoms with Crippen LogP contribution in [0.1, 0.15) is 37.3 Å². The van der Waals surface area contributed by atoms with Gasteiger partial charge in [-0.25, -0.2) is 9.97 Å². The number of fused-ring (bicyclic) bond motifs is 1. The van der Waals surface area contributed by atoms with Crippen LogP contribution in [0, 0.1) is 6.92 Å². The molecule has 1 aliphatic rings. The predicted octanol–water partition coefficient (Wildman–Crippen LogP) is 5.09. The van der Waals surface area contributed by atoms with Crippen molar-refractivity contribution < 1.29 is 27.4 Å². The minimum absolute atomic E-state index is 0. The SMILES string of the molecule is C.Cc1ccc(-n2c([C@@H](C)N(CCN3CCOCC3)C(=O)Cc3ccc(OC(F)(F)F)cc3)nc3ncccc3c2=O)cc1. The number of ether oxygens (including phenoxy) is 2. The molecule has 234 valence electrons. The van der Waals surface area contributed by atoms with Crippen LogP contribution in [0.15, 0.2) is 71.7 Å². The first-order chi connectivity index (χ1) is 20.6. The number of aryl methyl sites for hydroxylation is 1. The molecular weight excluding hydrogens is 575 g/mol. The predicted molar refractivity (Wildman–Crippen MR) is 161 cm³/mol. The molecule has 1 aliphatic heterocycles. The van der Waals surface area contributed by atoms with Crippen molar-refractivity contribution >= 4 is 16.9 Å². The van der Waals surface area contributed by atoms with Gasteiger partial charge in [-0.3, -0.25) is 19.1 Å². The molecule has 3 heterocycles. The van der Waals surface area contributed by atoms with E-state index in [1.807, 2.05) is 38.1 Å². The highest BCUT2D eigenvalue weighted by molar-refractivity contribution is 5.79. The Balaban J connectivity index is 0.00000442. The van der Waals surface area contributed by atoms with Crippen LogP contribution in [-0.2, 0) is 16.0 Å². The first-order valence-corrected chi connectivity index (χ1v) is 14.0. The van der Waals surface area contributed by atoms with Crippen LogP contribution < -0.4 is 10.3 Å². The highest BCUT2D eigenvalue weighted by atomic mass is 19.4. The summed E-state index contributed by atoms with van der Waals surface area (Å²) in [6.07, 6.45) is -3.31. The summed E-state index contributed by atoms with van der Waals surface area (Å²) < 4.78 is 48.8. The van der Waals surface area contributed by atoms with E-state index in [0.717, 1.165) is 18.7 Å². The van der Waals surface area contributed by atoms with Gasteiger partial charge in [0.2, 0.25) is 5.91 Å². The molecule has 12 heteroatoms. The van der Waals surface area contributed by atoms with Crippen molar-refractivity contribution in [2.24, 2.45) is 0 Å². The zero-order valence-corrected chi connectivity index (χ0v) is 23.9. The quantitative estimate of drug-likeness (QED) is 0.261. The number of rotatable bonds is 9. The van der Waals surface area contributed by atoms with Crippen LogP contribution in [0.5, 0.6) is 5.75 Å². The molecule has 0 bridgehead atoms. The van der Waals surface area contributed by atoms with E-state index >= 15 is 0 Å². The molecule has 1 amide bonds. The van der Waals surface area contributed by atoms with Crippen molar-refractivity contribution in [3.63, 3.8) is 0 Å². The van der Waals surface area contributed by atoms with Crippen LogP contribution >= 0.6 is 0 Å². The number of hydrogen-bond donors (Lipinski definition) is 0. The summed E-state index contributed by atoms with van der Waals surface area (Å²) in [6.45, 7) is 7.32. The van der Waals surface area contributed by atoms with Crippen molar-refractivity contribution in [1.29, 1.82) is 0 Å². The number of amides is 1. The second-order valence-electron chi connectivity index (χ2n) is 10.4. The fourth-order valence-corrected chi connectivity index (χ4v) is 5.09. The number of carbonyl (C=O) groups is 1. The lowest BCUT2D eigenvalue weighted by molar-refractivity contribution is -0.274. The lowest BCUT2D eigenvalue weighted by Gasteiger charge is -2.34. The Hall–Kier alpha value is -4.29. The number of nitrogens with zero attached hydrogens (tertiary/aromatic N) is 5. The van der Waals surface area contributed by atoms with Crippen LogP contribution in [0.4, 0.5) is 13.2 Å². The molecule has 0 unspecified atom stereocenters. The van der Waals surface area contributed by atoms with E-state index in [0.29, 0.717) is 48.8 Å². The largest absolute Gasteiger partial charge is 0.573 e. The summed E-state index contributed by atoms with van der Waals surface area (Å²) in [5.41, 5.74) is 2.13. The van der Waals surface area contributed by atoms with E-state index in [9.17, 15) is 22.8 Å². The number of carbonyl (C=O) groups excluding carboxylic acids is 1. The maximum Gasteiger partial charge on any atom is 0.573 e. The third-order valence-electron chi connectivity index (χ3n) is 7.40. The molecule has 2 aromatic heterocycles. The smallest absolute Gasteiger partial charge is 0.406 e. The lowest BCUT2D eigenvalue weighted by Crippen LogP contribution is -2.45. The number of aromatic nitrogens is 3. The van der Waals surface area contributed by atoms with Gasteiger partial charge in [-0.15, -0.1) is 13.2 Å². The molecule has 0 spiro atoms. The monoisotopic (exact) mass is 611 g/mol. The van der Waals surface area contributed by atoms with Crippen molar-refractivity contribution in [3.8, 4) is 11.4 Å². The van der Waals surface area contributed by atoms with Gasteiger partial charge in [0, 0.05) is 32.4 Å². The zero-order valence-electron chi connectivity index (χ0n) is 23.9. The van der Waals surface area contributed by atoms with Crippen LogP contribution in [0.25, 0.3) is 16.7 Å². The maximum absolute atomic E-state index is 13.9. The molecular formula is C32H36F3N5O4. The molecule has 1 atom stereocenters. The second-order valence-corrected chi connectivity index (χ2v) is 10.4.